The molecule has 1 fully saturated rings. The minimum absolute atomic E-state index is 0.0988. The molecule has 1 atom stereocenters. The van der Waals surface area contributed by atoms with Gasteiger partial charge in [-0.15, -0.1) is 0 Å². The first-order valence-electron chi connectivity index (χ1n) is 5.42. The third-order valence-electron chi connectivity index (χ3n) is 2.97. The third-order valence-corrected chi connectivity index (χ3v) is 2.97. The summed E-state index contributed by atoms with van der Waals surface area (Å²) < 4.78 is 0. The van der Waals surface area contributed by atoms with E-state index in [9.17, 15) is 4.79 Å². The van der Waals surface area contributed by atoms with Crippen molar-refractivity contribution in [2.24, 2.45) is 0 Å². The van der Waals surface area contributed by atoms with Gasteiger partial charge in [0.1, 0.15) is 5.75 Å². The quantitative estimate of drug-likeness (QED) is 0.712. The van der Waals surface area contributed by atoms with E-state index in [2.05, 4.69) is 10.2 Å². The first-order valence-corrected chi connectivity index (χ1v) is 5.42. The maximum Gasteiger partial charge on any atom is 0.181 e. The fourth-order valence-electron chi connectivity index (χ4n) is 1.92. The second kappa shape index (κ2) is 4.63. The Hall–Kier alpha value is -1.39. The molecular weight excluding hydrogens is 204 g/mol. The minimum atomic E-state index is -0.0988. The van der Waals surface area contributed by atoms with Gasteiger partial charge in [-0.05, 0) is 31.3 Å². The number of Topliss-reactive ketones (excluding diaryl/α,β-unsaturated/α-hetero) is 1. The van der Waals surface area contributed by atoms with Gasteiger partial charge in [-0.1, -0.05) is 0 Å². The maximum atomic E-state index is 12.2. The Kier molecular flexibility index (Phi) is 3.22. The molecule has 16 heavy (non-hydrogen) atoms. The predicted molar refractivity (Wildman–Crippen MR) is 61.7 cm³/mol. The van der Waals surface area contributed by atoms with Crippen molar-refractivity contribution in [2.45, 2.75) is 6.04 Å². The van der Waals surface area contributed by atoms with Crippen molar-refractivity contribution in [3.05, 3.63) is 29.8 Å². The number of piperazine rings is 1. The number of carbonyl (C=O) groups excluding carboxylic acids is 1. The summed E-state index contributed by atoms with van der Waals surface area (Å²) in [5.74, 6) is 0.293. The number of rotatable bonds is 2. The Balaban J connectivity index is 2.14. The number of nitrogens with one attached hydrogen (secondary N) is 1. The summed E-state index contributed by atoms with van der Waals surface area (Å²) in [4.78, 5) is 14.2. The summed E-state index contributed by atoms with van der Waals surface area (Å²) in [6.45, 7) is 2.50. The number of benzene rings is 1. The summed E-state index contributed by atoms with van der Waals surface area (Å²) in [7, 11) is 1.96. The van der Waals surface area contributed by atoms with Gasteiger partial charge in [-0.3, -0.25) is 9.69 Å². The van der Waals surface area contributed by atoms with Gasteiger partial charge < -0.3 is 10.4 Å². The fourth-order valence-corrected chi connectivity index (χ4v) is 1.92. The SMILES string of the molecule is CN1CCNCC1C(=O)c1ccc(O)cc1. The molecule has 1 saturated heterocycles. The van der Waals surface area contributed by atoms with Gasteiger partial charge in [0, 0.05) is 25.2 Å². The summed E-state index contributed by atoms with van der Waals surface area (Å²) in [5.41, 5.74) is 0.651. The number of nitrogens with zero attached hydrogens (tertiary/aromatic N) is 1. The van der Waals surface area contributed by atoms with Crippen molar-refractivity contribution in [3.63, 3.8) is 0 Å². The molecule has 0 saturated carbocycles. The number of phenols is 1. The van der Waals surface area contributed by atoms with Crippen LogP contribution in [0.5, 0.6) is 5.75 Å². The lowest BCUT2D eigenvalue weighted by Gasteiger charge is -2.31. The lowest BCUT2D eigenvalue weighted by Crippen LogP contribution is -2.53. The Morgan fingerprint density at radius 1 is 1.44 bits per heavy atom. The van der Waals surface area contributed by atoms with Crippen molar-refractivity contribution < 1.29 is 9.90 Å². The lowest BCUT2D eigenvalue weighted by molar-refractivity contribution is 0.0819. The van der Waals surface area contributed by atoms with Gasteiger partial charge in [0.15, 0.2) is 5.78 Å². The molecule has 0 amide bonds. The molecule has 1 heterocycles. The predicted octanol–water partition coefficient (Wildman–Crippen LogP) is 0.478. The molecule has 0 bridgehead atoms. The van der Waals surface area contributed by atoms with Crippen LogP contribution < -0.4 is 5.32 Å². The first kappa shape index (κ1) is 11.1. The Morgan fingerprint density at radius 3 is 2.75 bits per heavy atom. The van der Waals surface area contributed by atoms with Gasteiger partial charge in [0.25, 0.3) is 0 Å². The molecule has 0 aliphatic carbocycles. The molecule has 0 aromatic heterocycles. The summed E-state index contributed by atoms with van der Waals surface area (Å²) in [6, 6.07) is 6.33. The standard InChI is InChI=1S/C12H16N2O2/c1-14-7-6-13-8-11(14)12(16)9-2-4-10(15)5-3-9/h2-5,11,13,15H,6-8H2,1H3. The second-order valence-electron chi connectivity index (χ2n) is 4.11. The van der Waals surface area contributed by atoms with E-state index in [0.717, 1.165) is 13.1 Å². The highest BCUT2D eigenvalue weighted by Gasteiger charge is 2.26. The molecule has 1 aliphatic rings. The number of aromatic hydroxyl groups is 1. The average molecular weight is 220 g/mol. The van der Waals surface area contributed by atoms with Crippen LogP contribution in [0.4, 0.5) is 0 Å². The van der Waals surface area contributed by atoms with Gasteiger partial charge in [0.2, 0.25) is 0 Å². The zero-order chi connectivity index (χ0) is 11.5. The summed E-state index contributed by atoms with van der Waals surface area (Å²) in [6.07, 6.45) is 0. The van der Waals surface area contributed by atoms with Crippen LogP contribution >= 0.6 is 0 Å². The zero-order valence-corrected chi connectivity index (χ0v) is 9.31. The molecule has 4 nitrogen and oxygen atoms in total. The average Bonchev–Trinajstić information content (AvgIpc) is 2.30. The van der Waals surface area contributed by atoms with E-state index in [0.29, 0.717) is 12.1 Å². The van der Waals surface area contributed by atoms with Crippen molar-refractivity contribution in [3.8, 4) is 5.75 Å². The summed E-state index contributed by atoms with van der Waals surface area (Å²) in [5, 5.41) is 12.4. The number of phenolic OH excluding ortho intramolecular Hbond substituents is 1. The number of hydrogen-bond donors (Lipinski definition) is 2. The van der Waals surface area contributed by atoms with E-state index in [1.54, 1.807) is 24.3 Å². The molecule has 0 radical (unpaired) electrons. The highest BCUT2D eigenvalue weighted by atomic mass is 16.3. The molecule has 1 aliphatic heterocycles. The van der Waals surface area contributed by atoms with E-state index in [1.807, 2.05) is 7.05 Å². The molecular formula is C12H16N2O2. The molecule has 2 rings (SSSR count). The molecule has 1 unspecified atom stereocenters. The van der Waals surface area contributed by atoms with Crippen molar-refractivity contribution in [1.29, 1.82) is 0 Å². The fraction of sp³-hybridized carbons (Fsp3) is 0.417. The molecule has 0 spiro atoms. The van der Waals surface area contributed by atoms with Crippen LogP contribution in [0.1, 0.15) is 10.4 Å². The van der Waals surface area contributed by atoms with Gasteiger partial charge in [-0.2, -0.15) is 0 Å². The zero-order valence-electron chi connectivity index (χ0n) is 9.31. The van der Waals surface area contributed by atoms with Crippen molar-refractivity contribution >= 4 is 5.78 Å². The monoisotopic (exact) mass is 220 g/mol. The van der Waals surface area contributed by atoms with E-state index < -0.39 is 0 Å². The van der Waals surface area contributed by atoms with Crippen molar-refractivity contribution in [1.82, 2.24) is 10.2 Å². The van der Waals surface area contributed by atoms with Crippen LogP contribution in [0, 0.1) is 0 Å². The van der Waals surface area contributed by atoms with E-state index in [-0.39, 0.29) is 17.6 Å². The van der Waals surface area contributed by atoms with Crippen LogP contribution in [0.2, 0.25) is 0 Å². The Bertz CT molecular complexity index is 375. The minimum Gasteiger partial charge on any atom is -0.508 e. The number of hydrogen-bond acceptors (Lipinski definition) is 4. The van der Waals surface area contributed by atoms with Crippen LogP contribution in [0.15, 0.2) is 24.3 Å². The smallest absolute Gasteiger partial charge is 0.181 e. The third kappa shape index (κ3) is 2.23. The highest BCUT2D eigenvalue weighted by Crippen LogP contribution is 2.13. The van der Waals surface area contributed by atoms with Gasteiger partial charge in [0.05, 0.1) is 6.04 Å². The van der Waals surface area contributed by atoms with Crippen LogP contribution in [-0.4, -0.2) is 48.5 Å². The molecule has 1 aromatic carbocycles. The second-order valence-corrected chi connectivity index (χ2v) is 4.11. The molecule has 86 valence electrons. The number of likely N-dealkylation sites (N-methyl/N-ethyl adjacent to an activating group) is 1. The Morgan fingerprint density at radius 2 is 2.12 bits per heavy atom. The van der Waals surface area contributed by atoms with Crippen LogP contribution in [0.3, 0.4) is 0 Å². The highest BCUT2D eigenvalue weighted by molar-refractivity contribution is 6.00. The van der Waals surface area contributed by atoms with Crippen LogP contribution in [0.25, 0.3) is 0 Å². The Labute approximate surface area is 94.9 Å². The molecule has 2 N–H and O–H groups in total. The molecule has 1 aromatic rings. The lowest BCUT2D eigenvalue weighted by atomic mass is 10.0. The van der Waals surface area contributed by atoms with E-state index >= 15 is 0 Å². The molecule has 4 heteroatoms. The van der Waals surface area contributed by atoms with E-state index in [4.69, 9.17) is 5.11 Å². The van der Waals surface area contributed by atoms with Gasteiger partial charge >= 0.3 is 0 Å². The van der Waals surface area contributed by atoms with Crippen molar-refractivity contribution in [2.75, 3.05) is 26.7 Å². The summed E-state index contributed by atoms with van der Waals surface area (Å²) >= 11 is 0. The maximum absolute atomic E-state index is 12.2. The van der Waals surface area contributed by atoms with Gasteiger partial charge in [-0.25, -0.2) is 0 Å². The number of ketones is 1. The first-order chi connectivity index (χ1) is 7.68. The largest absolute Gasteiger partial charge is 0.508 e. The van der Waals surface area contributed by atoms with Crippen LogP contribution in [-0.2, 0) is 0 Å². The topological polar surface area (TPSA) is 52.6 Å². The van der Waals surface area contributed by atoms with E-state index in [1.165, 1.54) is 0 Å². The number of carbonyl (C=O) groups is 1. The normalized spacial score (nSPS) is 21.9.